The summed E-state index contributed by atoms with van der Waals surface area (Å²) in [4.78, 5) is 27.9. The van der Waals surface area contributed by atoms with Crippen molar-refractivity contribution in [1.29, 1.82) is 0 Å². The van der Waals surface area contributed by atoms with Gasteiger partial charge in [-0.25, -0.2) is 0 Å². The number of carbonyl (C=O) groups excluding carboxylic acids is 1. The Labute approximate surface area is 198 Å². The summed E-state index contributed by atoms with van der Waals surface area (Å²) in [5.74, 6) is 2.52. The molecule has 0 aromatic heterocycles. The molecule has 32 heavy (non-hydrogen) atoms. The summed E-state index contributed by atoms with van der Waals surface area (Å²) in [6, 6.07) is 4.76. The summed E-state index contributed by atoms with van der Waals surface area (Å²) in [6.07, 6.45) is 8.32. The van der Waals surface area contributed by atoms with Crippen LogP contribution in [-0.2, 0) is 4.79 Å². The van der Waals surface area contributed by atoms with Gasteiger partial charge in [-0.2, -0.15) is 0 Å². The Morgan fingerprint density at radius 2 is 1.72 bits per heavy atom. The van der Waals surface area contributed by atoms with Crippen molar-refractivity contribution in [3.8, 4) is 0 Å². The van der Waals surface area contributed by atoms with Gasteiger partial charge in [-0.05, 0) is 86.0 Å². The lowest BCUT2D eigenvalue weighted by Gasteiger charge is -2.56. The van der Waals surface area contributed by atoms with Crippen LogP contribution in [0, 0.1) is 33.3 Å². The van der Waals surface area contributed by atoms with Crippen molar-refractivity contribution in [1.82, 2.24) is 10.2 Å². The molecule has 1 aromatic rings. The highest BCUT2D eigenvalue weighted by Crippen LogP contribution is 2.61. The van der Waals surface area contributed by atoms with Crippen LogP contribution in [-0.4, -0.2) is 47.0 Å². The molecule has 0 atom stereocenters. The van der Waals surface area contributed by atoms with Gasteiger partial charge in [0.2, 0.25) is 5.91 Å². The zero-order valence-electron chi connectivity index (χ0n) is 18.1. The summed E-state index contributed by atoms with van der Waals surface area (Å²) in [5, 5.41) is 15.2. The number of thiocarbonyl (C=S) groups is 1. The minimum Gasteiger partial charge on any atom is -0.362 e. The van der Waals surface area contributed by atoms with Crippen molar-refractivity contribution in [2.75, 3.05) is 31.1 Å². The molecule has 7 nitrogen and oxygen atoms in total. The molecule has 4 bridgehead atoms. The molecule has 1 aromatic carbocycles. The maximum Gasteiger partial charge on any atom is 0.294 e. The second-order valence-corrected chi connectivity index (χ2v) is 11.1. The SMILES string of the molecule is O=C(CC12CC3CC(CC(C3)C1)C2)NC(=S)N1CCN(c2ccc(Cl)cc2[N+](=O)[O-])CC1. The van der Waals surface area contributed by atoms with Crippen LogP contribution in [0.2, 0.25) is 5.02 Å². The first-order chi connectivity index (χ1) is 15.3. The van der Waals surface area contributed by atoms with Gasteiger partial charge in [0.1, 0.15) is 5.69 Å². The lowest BCUT2D eigenvalue weighted by molar-refractivity contribution is -0.384. The van der Waals surface area contributed by atoms with E-state index < -0.39 is 4.92 Å². The molecule has 9 heteroatoms. The average molecular weight is 477 g/mol. The molecule has 0 spiro atoms. The van der Waals surface area contributed by atoms with Crippen molar-refractivity contribution < 1.29 is 9.72 Å². The zero-order valence-corrected chi connectivity index (χ0v) is 19.7. The summed E-state index contributed by atoms with van der Waals surface area (Å²) in [6.45, 7) is 2.40. The number of nitro groups is 1. The zero-order chi connectivity index (χ0) is 22.5. The van der Waals surface area contributed by atoms with Gasteiger partial charge < -0.3 is 15.1 Å². The minimum atomic E-state index is -0.400. The van der Waals surface area contributed by atoms with Gasteiger partial charge in [0.05, 0.1) is 4.92 Å². The van der Waals surface area contributed by atoms with E-state index in [1.165, 1.54) is 44.6 Å². The predicted molar refractivity (Wildman–Crippen MR) is 128 cm³/mol. The Kier molecular flexibility index (Phi) is 5.78. The fourth-order valence-electron chi connectivity index (χ4n) is 7.15. The van der Waals surface area contributed by atoms with Crippen molar-refractivity contribution in [3.63, 3.8) is 0 Å². The molecule has 6 rings (SSSR count). The molecule has 5 aliphatic rings. The Bertz CT molecular complexity index is 912. The molecule has 1 saturated heterocycles. The van der Waals surface area contributed by atoms with Crippen LogP contribution < -0.4 is 10.2 Å². The van der Waals surface area contributed by atoms with Crippen molar-refractivity contribution in [2.24, 2.45) is 23.2 Å². The van der Waals surface area contributed by atoms with Crippen molar-refractivity contribution in [3.05, 3.63) is 33.3 Å². The molecule has 1 amide bonds. The molecule has 5 fully saturated rings. The van der Waals surface area contributed by atoms with Gasteiger partial charge in [0.25, 0.3) is 5.69 Å². The first-order valence-electron chi connectivity index (χ1n) is 11.6. The Morgan fingerprint density at radius 1 is 1.12 bits per heavy atom. The quantitative estimate of drug-likeness (QED) is 0.394. The molecule has 1 N–H and O–H groups in total. The number of benzene rings is 1. The maximum absolute atomic E-state index is 12.9. The number of rotatable bonds is 4. The van der Waals surface area contributed by atoms with E-state index in [0.29, 0.717) is 48.4 Å². The first kappa shape index (κ1) is 21.9. The highest BCUT2D eigenvalue weighted by molar-refractivity contribution is 7.80. The van der Waals surface area contributed by atoms with Gasteiger partial charge in [-0.15, -0.1) is 0 Å². The molecule has 4 saturated carbocycles. The van der Waals surface area contributed by atoms with Crippen LogP contribution in [0.4, 0.5) is 11.4 Å². The number of nitro benzene ring substituents is 1. The highest BCUT2D eigenvalue weighted by atomic mass is 35.5. The fourth-order valence-corrected chi connectivity index (χ4v) is 7.61. The minimum absolute atomic E-state index is 0.0115. The Hall–Kier alpha value is -1.93. The molecule has 1 heterocycles. The second-order valence-electron chi connectivity index (χ2n) is 10.3. The van der Waals surface area contributed by atoms with Crippen LogP contribution >= 0.6 is 23.8 Å². The van der Waals surface area contributed by atoms with Gasteiger partial charge in [0.15, 0.2) is 5.11 Å². The lowest BCUT2D eigenvalue weighted by Crippen LogP contribution is -2.54. The number of piperazine rings is 1. The monoisotopic (exact) mass is 476 g/mol. The number of nitrogens with one attached hydrogen (secondary N) is 1. The smallest absolute Gasteiger partial charge is 0.294 e. The van der Waals surface area contributed by atoms with Gasteiger partial charge in [-0.1, -0.05) is 11.6 Å². The standard InChI is InChI=1S/C23H29ClN4O3S/c24-18-1-2-19(20(10-18)28(30)31)26-3-5-27(6-4-26)22(32)25-21(29)14-23-11-15-7-16(12-23)9-17(8-15)13-23/h1-2,10,15-17H,3-9,11-14H2,(H,25,29,32). The Morgan fingerprint density at radius 3 is 2.28 bits per heavy atom. The van der Waals surface area contributed by atoms with Gasteiger partial charge in [0, 0.05) is 43.7 Å². The first-order valence-corrected chi connectivity index (χ1v) is 12.4. The number of carbonyl (C=O) groups is 1. The third-order valence-electron chi connectivity index (χ3n) is 7.99. The Balaban J connectivity index is 1.15. The molecule has 0 unspecified atom stereocenters. The molecule has 0 radical (unpaired) electrons. The average Bonchev–Trinajstić information content (AvgIpc) is 2.72. The molecule has 172 valence electrons. The normalized spacial score (nSPS) is 31.0. The predicted octanol–water partition coefficient (Wildman–Crippen LogP) is 4.38. The lowest BCUT2D eigenvalue weighted by atomic mass is 9.49. The number of hydrogen-bond donors (Lipinski definition) is 1. The third kappa shape index (κ3) is 4.31. The topological polar surface area (TPSA) is 78.7 Å². The van der Waals surface area contributed by atoms with Crippen LogP contribution in [0.1, 0.15) is 44.9 Å². The van der Waals surface area contributed by atoms with E-state index in [-0.39, 0.29) is 17.0 Å². The largest absolute Gasteiger partial charge is 0.362 e. The second kappa shape index (κ2) is 8.45. The summed E-state index contributed by atoms with van der Waals surface area (Å²) >= 11 is 11.5. The maximum atomic E-state index is 12.9. The highest BCUT2D eigenvalue weighted by Gasteiger charge is 2.51. The van der Waals surface area contributed by atoms with E-state index in [0.717, 1.165) is 17.8 Å². The van der Waals surface area contributed by atoms with E-state index in [4.69, 9.17) is 23.8 Å². The van der Waals surface area contributed by atoms with E-state index in [2.05, 4.69) is 5.32 Å². The summed E-state index contributed by atoms with van der Waals surface area (Å²) < 4.78 is 0. The van der Waals surface area contributed by atoms with E-state index in [1.807, 2.05) is 9.80 Å². The number of halogens is 1. The third-order valence-corrected chi connectivity index (χ3v) is 8.58. The number of amides is 1. The summed E-state index contributed by atoms with van der Waals surface area (Å²) in [7, 11) is 0. The van der Waals surface area contributed by atoms with Crippen molar-refractivity contribution in [2.45, 2.75) is 44.9 Å². The number of nitrogens with zero attached hydrogens (tertiary/aromatic N) is 3. The van der Waals surface area contributed by atoms with Gasteiger partial charge >= 0.3 is 0 Å². The van der Waals surface area contributed by atoms with Crippen LogP contribution in [0.5, 0.6) is 0 Å². The van der Waals surface area contributed by atoms with Gasteiger partial charge in [-0.3, -0.25) is 14.9 Å². The van der Waals surface area contributed by atoms with E-state index >= 15 is 0 Å². The van der Waals surface area contributed by atoms with Crippen LogP contribution in [0.25, 0.3) is 0 Å². The summed E-state index contributed by atoms with van der Waals surface area (Å²) in [5.41, 5.74) is 0.772. The van der Waals surface area contributed by atoms with Crippen LogP contribution in [0.3, 0.4) is 0 Å². The molecule has 4 aliphatic carbocycles. The molecular formula is C23H29ClN4O3S. The number of hydrogen-bond acceptors (Lipinski definition) is 5. The van der Waals surface area contributed by atoms with Crippen LogP contribution in [0.15, 0.2) is 18.2 Å². The van der Waals surface area contributed by atoms with Crippen molar-refractivity contribution >= 4 is 46.2 Å². The van der Waals surface area contributed by atoms with E-state index in [9.17, 15) is 14.9 Å². The molecule has 1 aliphatic heterocycles. The number of anilines is 1. The van der Waals surface area contributed by atoms with E-state index in [1.54, 1.807) is 12.1 Å². The molecular weight excluding hydrogens is 448 g/mol. The fraction of sp³-hybridized carbons (Fsp3) is 0.652.